The summed E-state index contributed by atoms with van der Waals surface area (Å²) < 4.78 is 5.45. The van der Waals surface area contributed by atoms with Gasteiger partial charge in [0.2, 0.25) is 0 Å². The van der Waals surface area contributed by atoms with Gasteiger partial charge in [0.05, 0.1) is 12.6 Å². The Kier molecular flexibility index (Phi) is 5.19. The third-order valence-corrected chi connectivity index (χ3v) is 2.44. The van der Waals surface area contributed by atoms with Gasteiger partial charge < -0.3 is 10.1 Å². The van der Waals surface area contributed by atoms with Crippen LogP contribution in [0.4, 0.5) is 5.82 Å². The van der Waals surface area contributed by atoms with Crippen LogP contribution in [0.2, 0.25) is 0 Å². The normalized spacial score (nSPS) is 12.8. The maximum absolute atomic E-state index is 5.45. The van der Waals surface area contributed by atoms with Crippen molar-refractivity contribution in [3.05, 3.63) is 18.1 Å². The van der Waals surface area contributed by atoms with E-state index in [4.69, 9.17) is 4.74 Å². The smallest absolute Gasteiger partial charge is 0.129 e. The highest BCUT2D eigenvalue weighted by atomic mass is 16.5. The molecule has 0 aliphatic heterocycles. The van der Waals surface area contributed by atoms with E-state index < -0.39 is 0 Å². The van der Waals surface area contributed by atoms with Crippen molar-refractivity contribution in [2.75, 3.05) is 18.5 Å². The van der Waals surface area contributed by atoms with E-state index in [1.54, 1.807) is 6.33 Å². The number of aryl methyl sites for hydroxylation is 1. The molecular weight excluding hydrogens is 202 g/mol. The first-order valence-electron chi connectivity index (χ1n) is 5.76. The fraction of sp³-hybridized carbons (Fsp3) is 0.667. The molecule has 16 heavy (non-hydrogen) atoms. The van der Waals surface area contributed by atoms with Gasteiger partial charge in [-0.25, -0.2) is 9.97 Å². The molecule has 4 nitrogen and oxygen atoms in total. The molecule has 4 heteroatoms. The van der Waals surface area contributed by atoms with Crippen molar-refractivity contribution in [3.8, 4) is 0 Å². The second-order valence-electron chi connectivity index (χ2n) is 4.20. The summed E-state index contributed by atoms with van der Waals surface area (Å²) in [7, 11) is 0. The quantitative estimate of drug-likeness (QED) is 0.803. The molecule has 0 aliphatic carbocycles. The number of nitrogens with one attached hydrogen (secondary N) is 1. The number of hydrogen-bond donors (Lipinski definition) is 1. The molecule has 1 atom stereocenters. The lowest BCUT2D eigenvalue weighted by molar-refractivity contribution is 0.126. The molecule has 0 fully saturated rings. The third-order valence-electron chi connectivity index (χ3n) is 2.44. The predicted octanol–water partition coefficient (Wildman–Crippen LogP) is 2.26. The maximum Gasteiger partial charge on any atom is 0.129 e. The van der Waals surface area contributed by atoms with Gasteiger partial charge in [-0.05, 0) is 19.8 Å². The van der Waals surface area contributed by atoms with Crippen LogP contribution in [0.3, 0.4) is 0 Å². The van der Waals surface area contributed by atoms with Crippen LogP contribution in [0.15, 0.2) is 12.4 Å². The van der Waals surface area contributed by atoms with Crippen LogP contribution in [0.1, 0.15) is 26.5 Å². The molecule has 0 bridgehead atoms. The minimum absolute atomic E-state index is 0.286. The van der Waals surface area contributed by atoms with Gasteiger partial charge in [0, 0.05) is 18.4 Å². The summed E-state index contributed by atoms with van der Waals surface area (Å²) in [5, 5.41) is 3.38. The third kappa shape index (κ3) is 4.14. The van der Waals surface area contributed by atoms with E-state index in [1.807, 2.05) is 19.9 Å². The Hall–Kier alpha value is -1.16. The molecule has 0 aromatic carbocycles. The summed E-state index contributed by atoms with van der Waals surface area (Å²) in [6.07, 6.45) is 1.58. The maximum atomic E-state index is 5.45. The monoisotopic (exact) mass is 223 g/mol. The predicted molar refractivity (Wildman–Crippen MR) is 65.5 cm³/mol. The SMILES string of the molecule is CCOCC(Nc1cc(C)ncn1)C(C)C. The molecule has 0 spiro atoms. The van der Waals surface area contributed by atoms with Crippen LogP contribution in [-0.2, 0) is 4.74 Å². The van der Waals surface area contributed by atoms with E-state index >= 15 is 0 Å². The first-order valence-corrected chi connectivity index (χ1v) is 5.76. The Morgan fingerprint density at radius 1 is 1.38 bits per heavy atom. The van der Waals surface area contributed by atoms with Crippen molar-refractivity contribution in [3.63, 3.8) is 0 Å². The Bertz CT molecular complexity index is 315. The average molecular weight is 223 g/mol. The van der Waals surface area contributed by atoms with Crippen LogP contribution in [0.5, 0.6) is 0 Å². The molecule has 1 N–H and O–H groups in total. The van der Waals surface area contributed by atoms with Gasteiger partial charge in [-0.3, -0.25) is 0 Å². The van der Waals surface area contributed by atoms with E-state index in [-0.39, 0.29) is 6.04 Å². The minimum Gasteiger partial charge on any atom is -0.380 e. The Morgan fingerprint density at radius 2 is 2.12 bits per heavy atom. The van der Waals surface area contributed by atoms with Gasteiger partial charge in [-0.2, -0.15) is 0 Å². The van der Waals surface area contributed by atoms with Gasteiger partial charge in [-0.1, -0.05) is 13.8 Å². The fourth-order valence-corrected chi connectivity index (χ4v) is 1.37. The first kappa shape index (κ1) is 12.9. The zero-order valence-corrected chi connectivity index (χ0v) is 10.5. The highest BCUT2D eigenvalue weighted by Crippen LogP contribution is 2.11. The molecule has 1 unspecified atom stereocenters. The van der Waals surface area contributed by atoms with Gasteiger partial charge in [0.1, 0.15) is 12.1 Å². The van der Waals surface area contributed by atoms with Crippen molar-refractivity contribution in [2.45, 2.75) is 33.7 Å². The summed E-state index contributed by atoms with van der Waals surface area (Å²) in [4.78, 5) is 8.26. The summed E-state index contributed by atoms with van der Waals surface area (Å²) in [6.45, 7) is 9.76. The number of ether oxygens (including phenoxy) is 1. The van der Waals surface area contributed by atoms with Crippen molar-refractivity contribution in [2.24, 2.45) is 5.92 Å². The molecule has 90 valence electrons. The second-order valence-corrected chi connectivity index (χ2v) is 4.20. The van der Waals surface area contributed by atoms with Crippen LogP contribution in [0.25, 0.3) is 0 Å². The number of rotatable bonds is 6. The van der Waals surface area contributed by atoms with Gasteiger partial charge in [0.15, 0.2) is 0 Å². The van der Waals surface area contributed by atoms with Crippen molar-refractivity contribution >= 4 is 5.82 Å². The Labute approximate surface area is 97.5 Å². The van der Waals surface area contributed by atoms with Crippen LogP contribution < -0.4 is 5.32 Å². The van der Waals surface area contributed by atoms with E-state index in [2.05, 4.69) is 29.1 Å². The van der Waals surface area contributed by atoms with Crippen LogP contribution in [0, 0.1) is 12.8 Å². The summed E-state index contributed by atoms with van der Waals surface area (Å²) >= 11 is 0. The number of hydrogen-bond acceptors (Lipinski definition) is 4. The lowest BCUT2D eigenvalue weighted by Gasteiger charge is -2.22. The molecular formula is C12H21N3O. The lowest BCUT2D eigenvalue weighted by atomic mass is 10.1. The summed E-state index contributed by atoms with van der Waals surface area (Å²) in [6, 6.07) is 2.23. The molecule has 0 saturated carbocycles. The highest BCUT2D eigenvalue weighted by molar-refractivity contribution is 5.35. The number of nitrogens with zero attached hydrogens (tertiary/aromatic N) is 2. The van der Waals surface area contributed by atoms with Crippen molar-refractivity contribution in [1.29, 1.82) is 0 Å². The topological polar surface area (TPSA) is 47.0 Å². The van der Waals surface area contributed by atoms with E-state index in [0.29, 0.717) is 12.5 Å². The van der Waals surface area contributed by atoms with Gasteiger partial charge >= 0.3 is 0 Å². The van der Waals surface area contributed by atoms with Crippen LogP contribution >= 0.6 is 0 Å². The zero-order chi connectivity index (χ0) is 12.0. The minimum atomic E-state index is 0.286. The molecule has 1 aromatic rings. The lowest BCUT2D eigenvalue weighted by Crippen LogP contribution is -2.31. The van der Waals surface area contributed by atoms with Crippen molar-refractivity contribution < 1.29 is 4.74 Å². The van der Waals surface area contributed by atoms with Crippen molar-refractivity contribution in [1.82, 2.24) is 9.97 Å². The molecule has 0 radical (unpaired) electrons. The Balaban J connectivity index is 2.60. The zero-order valence-electron chi connectivity index (χ0n) is 10.5. The second kappa shape index (κ2) is 6.43. The van der Waals surface area contributed by atoms with Gasteiger partial charge in [0.25, 0.3) is 0 Å². The molecule has 0 saturated heterocycles. The van der Waals surface area contributed by atoms with Crippen LogP contribution in [-0.4, -0.2) is 29.2 Å². The first-order chi connectivity index (χ1) is 7.63. The molecule has 1 aromatic heterocycles. The molecule has 0 amide bonds. The summed E-state index contributed by atoms with van der Waals surface area (Å²) in [5.74, 6) is 1.37. The largest absolute Gasteiger partial charge is 0.380 e. The van der Waals surface area contributed by atoms with E-state index in [9.17, 15) is 0 Å². The molecule has 1 rings (SSSR count). The highest BCUT2D eigenvalue weighted by Gasteiger charge is 2.13. The fourth-order valence-electron chi connectivity index (χ4n) is 1.37. The summed E-state index contributed by atoms with van der Waals surface area (Å²) in [5.41, 5.74) is 0.969. The van der Waals surface area contributed by atoms with E-state index in [1.165, 1.54) is 0 Å². The molecule has 1 heterocycles. The van der Waals surface area contributed by atoms with Gasteiger partial charge in [-0.15, -0.1) is 0 Å². The standard InChI is InChI=1S/C12H21N3O/c1-5-16-7-11(9(2)3)15-12-6-10(4)13-8-14-12/h6,8-9,11H,5,7H2,1-4H3,(H,13,14,15). The molecule has 0 aliphatic rings. The Morgan fingerprint density at radius 3 is 2.69 bits per heavy atom. The number of anilines is 1. The number of aromatic nitrogens is 2. The van der Waals surface area contributed by atoms with E-state index in [0.717, 1.165) is 18.1 Å². The average Bonchev–Trinajstić information content (AvgIpc) is 2.24.